The highest BCUT2D eigenvalue weighted by molar-refractivity contribution is 5.89. The zero-order valence-electron chi connectivity index (χ0n) is 13.3. The van der Waals surface area contributed by atoms with Crippen LogP contribution in [0.4, 0.5) is 0 Å². The summed E-state index contributed by atoms with van der Waals surface area (Å²) in [6.07, 6.45) is 1.68. The second-order valence-electron chi connectivity index (χ2n) is 4.93. The van der Waals surface area contributed by atoms with Gasteiger partial charge in [0.2, 0.25) is 11.8 Å². The van der Waals surface area contributed by atoms with Crippen LogP contribution in [0.5, 0.6) is 0 Å². The Labute approximate surface area is 133 Å². The Bertz CT molecular complexity index is 325. The fourth-order valence-corrected chi connectivity index (χ4v) is 2.54. The second-order valence-corrected chi connectivity index (χ2v) is 4.93. The van der Waals surface area contributed by atoms with E-state index in [-0.39, 0.29) is 36.8 Å². The van der Waals surface area contributed by atoms with Gasteiger partial charge in [0.05, 0.1) is 13.2 Å². The van der Waals surface area contributed by atoms with Crippen molar-refractivity contribution >= 4 is 24.2 Å². The van der Waals surface area contributed by atoms with Gasteiger partial charge in [-0.05, 0) is 26.7 Å². The zero-order chi connectivity index (χ0) is 15.0. The van der Waals surface area contributed by atoms with E-state index in [9.17, 15) is 9.59 Å². The van der Waals surface area contributed by atoms with E-state index in [1.807, 2.05) is 13.8 Å². The Balaban J connectivity index is 0.00000400. The van der Waals surface area contributed by atoms with Gasteiger partial charge < -0.3 is 19.9 Å². The lowest BCUT2D eigenvalue weighted by atomic mass is 10.2. The third kappa shape index (κ3) is 5.80. The molecule has 6 nitrogen and oxygen atoms in total. The number of nitrogens with one attached hydrogen (secondary N) is 1. The van der Waals surface area contributed by atoms with Crippen LogP contribution in [0.1, 0.15) is 26.7 Å². The van der Waals surface area contributed by atoms with Gasteiger partial charge in [0.1, 0.15) is 6.04 Å². The summed E-state index contributed by atoms with van der Waals surface area (Å²) in [6, 6.07) is -0.272. The van der Waals surface area contributed by atoms with Gasteiger partial charge in [-0.3, -0.25) is 9.59 Å². The van der Waals surface area contributed by atoms with Crippen molar-refractivity contribution in [3.05, 3.63) is 0 Å². The molecule has 0 spiro atoms. The molecular formula is C14H28ClN3O3. The Morgan fingerprint density at radius 1 is 1.33 bits per heavy atom. The third-order valence-corrected chi connectivity index (χ3v) is 3.69. The SMILES string of the molecule is CCN(CC)C(=O)C1CCCN1C(=O)CNCCOC.Cl. The molecule has 1 atom stereocenters. The zero-order valence-corrected chi connectivity index (χ0v) is 14.1. The van der Waals surface area contributed by atoms with Gasteiger partial charge in [-0.25, -0.2) is 0 Å². The van der Waals surface area contributed by atoms with Gasteiger partial charge in [0.15, 0.2) is 0 Å². The van der Waals surface area contributed by atoms with E-state index in [0.717, 1.165) is 12.8 Å². The van der Waals surface area contributed by atoms with Crippen LogP contribution in [0.15, 0.2) is 0 Å². The third-order valence-electron chi connectivity index (χ3n) is 3.69. The standard InChI is InChI=1S/C14H27N3O3.ClH/c1-4-16(5-2)14(19)12-7-6-9-17(12)13(18)11-15-8-10-20-3;/h12,15H,4-11H2,1-3H3;1H. The number of halogens is 1. The van der Waals surface area contributed by atoms with E-state index in [1.165, 1.54) is 0 Å². The molecule has 1 aliphatic heterocycles. The van der Waals surface area contributed by atoms with Crippen molar-refractivity contribution in [2.75, 3.05) is 46.4 Å². The normalized spacial score (nSPS) is 17.5. The van der Waals surface area contributed by atoms with Gasteiger partial charge in [-0.15, -0.1) is 12.4 Å². The fourth-order valence-electron chi connectivity index (χ4n) is 2.54. The molecule has 124 valence electrons. The molecule has 1 aliphatic rings. The highest BCUT2D eigenvalue weighted by Gasteiger charge is 2.35. The van der Waals surface area contributed by atoms with Crippen LogP contribution in [0, 0.1) is 0 Å². The first-order valence-corrected chi connectivity index (χ1v) is 7.43. The Kier molecular flexibility index (Phi) is 10.4. The van der Waals surface area contributed by atoms with E-state index < -0.39 is 0 Å². The lowest BCUT2D eigenvalue weighted by Crippen LogP contribution is -2.49. The van der Waals surface area contributed by atoms with Crippen molar-refractivity contribution < 1.29 is 14.3 Å². The fraction of sp³-hybridized carbons (Fsp3) is 0.857. The summed E-state index contributed by atoms with van der Waals surface area (Å²) >= 11 is 0. The molecule has 0 aliphatic carbocycles. The Morgan fingerprint density at radius 2 is 2.00 bits per heavy atom. The molecule has 1 fully saturated rings. The van der Waals surface area contributed by atoms with E-state index in [1.54, 1.807) is 16.9 Å². The molecule has 0 radical (unpaired) electrons. The van der Waals surface area contributed by atoms with Crippen molar-refractivity contribution in [2.45, 2.75) is 32.7 Å². The molecule has 7 heteroatoms. The van der Waals surface area contributed by atoms with E-state index >= 15 is 0 Å². The summed E-state index contributed by atoms with van der Waals surface area (Å²) in [7, 11) is 1.63. The number of ether oxygens (including phenoxy) is 1. The molecule has 0 saturated carbocycles. The number of hydrogen-bond donors (Lipinski definition) is 1. The smallest absolute Gasteiger partial charge is 0.245 e. The maximum absolute atomic E-state index is 12.4. The molecule has 1 saturated heterocycles. The predicted octanol–water partition coefficient (Wildman–Crippen LogP) is 0.504. The average molecular weight is 322 g/mol. The van der Waals surface area contributed by atoms with Gasteiger partial charge in [-0.1, -0.05) is 0 Å². The number of likely N-dealkylation sites (N-methyl/N-ethyl adjacent to an activating group) is 1. The van der Waals surface area contributed by atoms with Gasteiger partial charge in [0, 0.05) is 33.3 Å². The minimum atomic E-state index is -0.272. The van der Waals surface area contributed by atoms with Crippen LogP contribution < -0.4 is 5.32 Å². The summed E-state index contributed by atoms with van der Waals surface area (Å²) in [5, 5.41) is 3.04. The van der Waals surface area contributed by atoms with Crippen LogP contribution in [0.25, 0.3) is 0 Å². The minimum absolute atomic E-state index is 0. The van der Waals surface area contributed by atoms with Crippen molar-refractivity contribution in [3.63, 3.8) is 0 Å². The Hall–Kier alpha value is -0.850. The van der Waals surface area contributed by atoms with Crippen molar-refractivity contribution in [1.82, 2.24) is 15.1 Å². The van der Waals surface area contributed by atoms with E-state index in [0.29, 0.717) is 32.8 Å². The largest absolute Gasteiger partial charge is 0.383 e. The monoisotopic (exact) mass is 321 g/mol. The summed E-state index contributed by atoms with van der Waals surface area (Å²) in [5.74, 6) is 0.0850. The van der Waals surface area contributed by atoms with Crippen molar-refractivity contribution in [3.8, 4) is 0 Å². The van der Waals surface area contributed by atoms with Crippen LogP contribution in [0.3, 0.4) is 0 Å². The molecule has 1 heterocycles. The topological polar surface area (TPSA) is 61.9 Å². The van der Waals surface area contributed by atoms with Crippen molar-refractivity contribution in [2.24, 2.45) is 0 Å². The molecule has 0 aromatic heterocycles. The number of methoxy groups -OCH3 is 1. The first-order chi connectivity index (χ1) is 9.65. The molecule has 1 rings (SSSR count). The van der Waals surface area contributed by atoms with Crippen molar-refractivity contribution in [1.29, 1.82) is 0 Å². The highest BCUT2D eigenvalue weighted by Crippen LogP contribution is 2.19. The summed E-state index contributed by atoms with van der Waals surface area (Å²) in [4.78, 5) is 28.1. The lowest BCUT2D eigenvalue weighted by Gasteiger charge is -2.29. The van der Waals surface area contributed by atoms with Crippen LogP contribution in [0.2, 0.25) is 0 Å². The molecular weight excluding hydrogens is 294 g/mol. The summed E-state index contributed by atoms with van der Waals surface area (Å²) < 4.78 is 4.92. The molecule has 0 aromatic rings. The number of carbonyl (C=O) groups excluding carboxylic acids is 2. The van der Waals surface area contributed by atoms with Gasteiger partial charge >= 0.3 is 0 Å². The number of amides is 2. The average Bonchev–Trinajstić information content (AvgIpc) is 2.94. The second kappa shape index (κ2) is 10.8. The van der Waals surface area contributed by atoms with Gasteiger partial charge in [0.25, 0.3) is 0 Å². The molecule has 1 unspecified atom stereocenters. The maximum Gasteiger partial charge on any atom is 0.245 e. The molecule has 0 aromatic carbocycles. The first-order valence-electron chi connectivity index (χ1n) is 7.43. The van der Waals surface area contributed by atoms with Crippen LogP contribution in [-0.2, 0) is 14.3 Å². The van der Waals surface area contributed by atoms with E-state index in [2.05, 4.69) is 5.32 Å². The first kappa shape index (κ1) is 20.1. The Morgan fingerprint density at radius 3 is 2.57 bits per heavy atom. The predicted molar refractivity (Wildman–Crippen MR) is 84.7 cm³/mol. The quantitative estimate of drug-likeness (QED) is 0.662. The molecule has 0 bridgehead atoms. The van der Waals surface area contributed by atoms with E-state index in [4.69, 9.17) is 4.74 Å². The molecule has 2 amide bonds. The van der Waals surface area contributed by atoms with Crippen LogP contribution >= 0.6 is 12.4 Å². The van der Waals surface area contributed by atoms with Gasteiger partial charge in [-0.2, -0.15) is 0 Å². The number of nitrogens with zero attached hydrogens (tertiary/aromatic N) is 2. The van der Waals surface area contributed by atoms with Crippen LogP contribution in [-0.4, -0.2) is 74.1 Å². The molecule has 1 N–H and O–H groups in total. The number of likely N-dealkylation sites (tertiary alicyclic amines) is 1. The number of rotatable bonds is 8. The lowest BCUT2D eigenvalue weighted by molar-refractivity contribution is -0.143. The minimum Gasteiger partial charge on any atom is -0.383 e. The highest BCUT2D eigenvalue weighted by atomic mass is 35.5. The summed E-state index contributed by atoms with van der Waals surface area (Å²) in [6.45, 7) is 7.50. The number of hydrogen-bond acceptors (Lipinski definition) is 4. The summed E-state index contributed by atoms with van der Waals surface area (Å²) in [5.41, 5.74) is 0. The number of carbonyl (C=O) groups is 2. The maximum atomic E-state index is 12.4. The molecule has 21 heavy (non-hydrogen) atoms.